The molecule has 4 aromatic carbocycles. The molecule has 522 valence electrons. The number of benzene rings is 4. The topological polar surface area (TPSA) is 0 Å². The summed E-state index contributed by atoms with van der Waals surface area (Å²) in [6, 6.07) is 30.5. The summed E-state index contributed by atoms with van der Waals surface area (Å²) in [7, 11) is 0. The van der Waals surface area contributed by atoms with Crippen molar-refractivity contribution in [2.45, 2.75) is 328 Å². The Morgan fingerprint density at radius 1 is 0.308 bits per heavy atom. The van der Waals surface area contributed by atoms with Crippen molar-refractivity contribution < 1.29 is 8.78 Å². The minimum atomic E-state index is -0.330. The Morgan fingerprint density at radius 3 is 0.912 bits per heavy atom. The highest BCUT2D eigenvalue weighted by atomic mass is 35.5. The summed E-state index contributed by atoms with van der Waals surface area (Å²) in [5.41, 5.74) is 8.94. The Labute approximate surface area is 576 Å². The monoisotopic (exact) mass is 1300 g/mol. The van der Waals surface area contributed by atoms with E-state index in [9.17, 15) is 8.78 Å². The number of halogens is 4. The first kappa shape index (κ1) is 86.3. The van der Waals surface area contributed by atoms with Gasteiger partial charge in [-0.1, -0.05) is 341 Å². The molecular weight excluding hydrogens is 1150 g/mol. The van der Waals surface area contributed by atoms with E-state index in [2.05, 4.69) is 229 Å². The second-order valence-electron chi connectivity index (χ2n) is 39.1. The molecular formula is C87H146Cl2F2. The molecule has 5 aliphatic rings. The van der Waals surface area contributed by atoms with E-state index >= 15 is 0 Å². The predicted molar refractivity (Wildman–Crippen MR) is 406 cm³/mol. The van der Waals surface area contributed by atoms with Gasteiger partial charge in [0.05, 0.1) is 5.02 Å². The fourth-order valence-corrected chi connectivity index (χ4v) is 12.8. The van der Waals surface area contributed by atoms with Gasteiger partial charge in [0.15, 0.2) is 0 Å². The van der Waals surface area contributed by atoms with Crippen LogP contribution >= 0.6 is 23.2 Å². The van der Waals surface area contributed by atoms with Gasteiger partial charge in [0, 0.05) is 5.02 Å². The van der Waals surface area contributed by atoms with E-state index in [1.807, 2.05) is 24.3 Å². The molecule has 0 saturated heterocycles. The van der Waals surface area contributed by atoms with Crippen LogP contribution in [0.25, 0.3) is 0 Å². The molecule has 9 rings (SSSR count). The molecule has 0 bridgehead atoms. The second-order valence-corrected chi connectivity index (χ2v) is 40.0. The van der Waals surface area contributed by atoms with Crippen molar-refractivity contribution >= 4 is 23.2 Å². The van der Waals surface area contributed by atoms with Gasteiger partial charge in [-0.2, -0.15) is 0 Å². The van der Waals surface area contributed by atoms with Crippen LogP contribution in [0.15, 0.2) is 97.1 Å². The fraction of sp³-hybridized carbons (Fsp3) is 0.724. The van der Waals surface area contributed by atoms with Gasteiger partial charge in [0.2, 0.25) is 0 Å². The smallest absolute Gasteiger partial charge is 0.142 e. The molecule has 0 N–H and O–H groups in total. The molecule has 4 heteroatoms. The molecule has 91 heavy (non-hydrogen) atoms. The van der Waals surface area contributed by atoms with Gasteiger partial charge in [-0.25, -0.2) is 8.78 Å². The van der Waals surface area contributed by atoms with Crippen molar-refractivity contribution in [3.8, 4) is 0 Å². The first-order chi connectivity index (χ1) is 41.4. The van der Waals surface area contributed by atoms with Crippen LogP contribution in [-0.4, -0.2) is 0 Å². The summed E-state index contributed by atoms with van der Waals surface area (Å²) in [6.45, 7) is 61.4. The highest BCUT2D eigenvalue weighted by Crippen LogP contribution is 2.45. The average Bonchev–Trinajstić information content (AvgIpc) is 2.11. The first-order valence-corrected chi connectivity index (χ1v) is 37.1. The summed E-state index contributed by atoms with van der Waals surface area (Å²) in [4.78, 5) is 0. The molecule has 5 saturated carbocycles. The molecule has 0 aliphatic heterocycles. The van der Waals surface area contributed by atoms with Crippen molar-refractivity contribution in [3.05, 3.63) is 141 Å². The lowest BCUT2D eigenvalue weighted by Gasteiger charge is -2.31. The third-order valence-electron chi connectivity index (χ3n) is 17.0. The zero-order valence-corrected chi connectivity index (χ0v) is 66.2. The minimum absolute atomic E-state index is 0.142. The molecule has 0 heterocycles. The molecule has 5 aliphatic carbocycles. The molecule has 0 radical (unpaired) electrons. The minimum Gasteiger partial charge on any atom is -0.207 e. The third-order valence-corrected chi connectivity index (χ3v) is 17.6. The van der Waals surface area contributed by atoms with E-state index in [-0.39, 0.29) is 27.5 Å². The van der Waals surface area contributed by atoms with Crippen molar-refractivity contribution in [1.29, 1.82) is 0 Å². The Morgan fingerprint density at radius 2 is 0.626 bits per heavy atom. The van der Waals surface area contributed by atoms with Crippen LogP contribution in [0.3, 0.4) is 0 Å². The van der Waals surface area contributed by atoms with Crippen LogP contribution in [0.5, 0.6) is 0 Å². The number of hydrogen-bond donors (Lipinski definition) is 0. The largest absolute Gasteiger partial charge is 0.207 e. The first-order valence-electron chi connectivity index (χ1n) is 36.3. The Hall–Kier alpha value is -2.68. The summed E-state index contributed by atoms with van der Waals surface area (Å²) in [5, 5.41) is 1.00. The second kappa shape index (κ2) is 39.5. The van der Waals surface area contributed by atoms with Crippen LogP contribution in [0.2, 0.25) is 10.0 Å². The highest BCUT2D eigenvalue weighted by molar-refractivity contribution is 6.30. The average molecular weight is 1300 g/mol. The van der Waals surface area contributed by atoms with E-state index in [4.69, 9.17) is 23.2 Å². The van der Waals surface area contributed by atoms with E-state index in [1.54, 1.807) is 18.2 Å². The summed E-state index contributed by atoms with van der Waals surface area (Å²) >= 11 is 11.4. The Balaban J connectivity index is 0.000000514. The quantitative estimate of drug-likeness (QED) is 0.173. The van der Waals surface area contributed by atoms with Crippen LogP contribution in [-0.2, 0) is 25.7 Å². The zero-order valence-electron chi connectivity index (χ0n) is 64.7. The normalized spacial score (nSPS) is 16.6. The molecule has 0 nitrogen and oxygen atoms in total. The van der Waals surface area contributed by atoms with E-state index in [1.165, 1.54) is 139 Å². The van der Waals surface area contributed by atoms with Gasteiger partial charge in [0.25, 0.3) is 0 Å². The van der Waals surface area contributed by atoms with E-state index in [0.29, 0.717) is 37.9 Å². The lowest BCUT2D eigenvalue weighted by atomic mass is 9.74. The maximum Gasteiger partial charge on any atom is 0.142 e. The standard InChI is InChI=1S/C11H14ClF.C11H15Cl.C11H15F.C11H16.C10H20.2C9H18.C8H16.C7H14/c1-11(2,3)7-8-4-5-9(12)10(13)6-8;1-11(2,3)8-9-4-6-10(12)7-5-9;1-11(2,3)8-9-5-4-6-10(12)7-9;1-11(2,3)9-10-7-5-4-6-8-10;1-10(2,3)8-9-6-4-5-7-9;1-9(2,3)7-8-5-4-6-8;1-9(2,3)8-6-4-5-7-8;1-8(2,3)6-7-4-5-7;1-7(2,3)6-4-5-6/h4-6H,7H2,1-3H3;2*4-7H,8H2,1-3H3;4-8H,9H2,1-3H3;9H,4-8H2,1-3H3;2*8H,4-7H2,1-3H3;7H,4-6H2,1-3H3;6H,4-5H2,1-3H3. The molecule has 5 fully saturated rings. The molecule has 0 aromatic heterocycles. The summed E-state index contributed by atoms with van der Waals surface area (Å²) in [6.07, 6.45) is 30.7. The SMILES string of the molecule is CC(C)(C)C1CC1.CC(C)(C)C1CCCC1.CC(C)(C)CC1CC1.CC(C)(C)CC1CCC1.CC(C)(C)CC1CCCC1.CC(C)(C)Cc1ccc(Cl)c(F)c1.CC(C)(C)Cc1ccc(Cl)cc1.CC(C)(C)Cc1cccc(F)c1.CC(C)(C)Cc1ccccc1. The van der Waals surface area contributed by atoms with Crippen LogP contribution in [0, 0.1) is 90.0 Å². The third kappa shape index (κ3) is 51.3. The Kier molecular flexibility index (Phi) is 37.5. The van der Waals surface area contributed by atoms with Crippen molar-refractivity contribution in [2.24, 2.45) is 78.3 Å². The number of hydrogen-bond acceptors (Lipinski definition) is 0. The maximum absolute atomic E-state index is 13.0. The molecule has 4 aromatic rings. The van der Waals surface area contributed by atoms with Crippen LogP contribution in [0.4, 0.5) is 8.78 Å². The van der Waals surface area contributed by atoms with E-state index in [0.717, 1.165) is 71.4 Å². The molecule has 0 spiro atoms. The lowest BCUT2D eigenvalue weighted by molar-refractivity contribution is 0.207. The Bertz CT molecular complexity index is 2480. The molecule has 0 atom stereocenters. The summed E-state index contributed by atoms with van der Waals surface area (Å²) in [5.74, 6) is 4.81. The van der Waals surface area contributed by atoms with E-state index < -0.39 is 0 Å². The fourth-order valence-electron chi connectivity index (χ4n) is 12.5. The van der Waals surface area contributed by atoms with Crippen molar-refractivity contribution in [1.82, 2.24) is 0 Å². The zero-order chi connectivity index (χ0) is 69.9. The lowest BCUT2D eigenvalue weighted by Crippen LogP contribution is -2.18. The van der Waals surface area contributed by atoms with Gasteiger partial charge in [-0.05, 0) is 208 Å². The molecule has 0 amide bonds. The molecule has 0 unspecified atom stereocenters. The summed E-state index contributed by atoms with van der Waals surface area (Å²) < 4.78 is 25.8. The van der Waals surface area contributed by atoms with Crippen molar-refractivity contribution in [3.63, 3.8) is 0 Å². The number of rotatable bonds is 7. The van der Waals surface area contributed by atoms with Crippen LogP contribution in [0.1, 0.15) is 325 Å². The van der Waals surface area contributed by atoms with Gasteiger partial charge in [-0.15, -0.1) is 0 Å². The highest BCUT2D eigenvalue weighted by Gasteiger charge is 2.33. The van der Waals surface area contributed by atoms with Gasteiger partial charge < -0.3 is 0 Å². The van der Waals surface area contributed by atoms with Gasteiger partial charge in [-0.3, -0.25) is 0 Å². The van der Waals surface area contributed by atoms with Gasteiger partial charge >= 0.3 is 0 Å². The maximum atomic E-state index is 13.0. The van der Waals surface area contributed by atoms with Crippen molar-refractivity contribution in [2.75, 3.05) is 0 Å². The van der Waals surface area contributed by atoms with Gasteiger partial charge in [0.1, 0.15) is 11.6 Å². The predicted octanol–water partition coefficient (Wildman–Crippen LogP) is 30.0. The van der Waals surface area contributed by atoms with Crippen LogP contribution < -0.4 is 0 Å².